The molecule has 30 heavy (non-hydrogen) atoms. The van der Waals surface area contributed by atoms with Crippen LogP contribution in [-0.2, 0) is 17.1 Å². The number of phenols is 1. The largest absolute Gasteiger partial charge is 0.508 e. The molecule has 0 saturated heterocycles. The zero-order valence-corrected chi connectivity index (χ0v) is 15.4. The van der Waals surface area contributed by atoms with E-state index in [1.807, 2.05) is 0 Å². The van der Waals surface area contributed by atoms with Crippen molar-refractivity contribution in [1.82, 2.24) is 5.32 Å². The van der Waals surface area contributed by atoms with Gasteiger partial charge < -0.3 is 10.4 Å². The first-order valence-corrected chi connectivity index (χ1v) is 8.65. The molecular weight excluding hydrogens is 412 g/mol. The van der Waals surface area contributed by atoms with Gasteiger partial charge in [-0.25, -0.2) is 0 Å². The second-order valence-corrected chi connectivity index (χ2v) is 6.69. The molecule has 9 heteroatoms. The number of halogens is 6. The van der Waals surface area contributed by atoms with Crippen LogP contribution in [0.25, 0.3) is 10.8 Å². The molecule has 0 radical (unpaired) electrons. The Labute approximate surface area is 166 Å². The summed E-state index contributed by atoms with van der Waals surface area (Å²) in [4.78, 5) is 11.8. The standard InChI is InChI=1S/C21H15F6NO2/c1-11(29)28-19(18-16-5-3-2-4-12(16)6-7-17(18)30)13-8-14(20(22,23)24)10-15(9-13)21(25,26)27/h2-10,19,30H,1H3,(H,28,29). The molecule has 0 heterocycles. The fourth-order valence-corrected chi connectivity index (χ4v) is 3.26. The highest BCUT2D eigenvalue weighted by Crippen LogP contribution is 2.41. The zero-order chi connectivity index (χ0) is 22.3. The summed E-state index contributed by atoms with van der Waals surface area (Å²) in [6, 6.07) is 8.96. The molecular formula is C21H15F6NO2. The molecule has 2 N–H and O–H groups in total. The van der Waals surface area contributed by atoms with E-state index in [1.165, 1.54) is 6.07 Å². The van der Waals surface area contributed by atoms with Crippen molar-refractivity contribution in [2.45, 2.75) is 25.3 Å². The second kappa shape index (κ2) is 7.55. The van der Waals surface area contributed by atoms with Gasteiger partial charge >= 0.3 is 12.4 Å². The van der Waals surface area contributed by atoms with E-state index in [0.717, 1.165) is 6.92 Å². The first-order valence-electron chi connectivity index (χ1n) is 8.65. The normalized spacial score (nSPS) is 13.3. The summed E-state index contributed by atoms with van der Waals surface area (Å²) in [6.07, 6.45) is -10.1. The Balaban J connectivity index is 2.34. The minimum Gasteiger partial charge on any atom is -0.508 e. The van der Waals surface area contributed by atoms with Crippen molar-refractivity contribution in [2.24, 2.45) is 0 Å². The van der Waals surface area contributed by atoms with Crippen LogP contribution in [0.3, 0.4) is 0 Å². The van der Waals surface area contributed by atoms with Crippen molar-refractivity contribution in [3.63, 3.8) is 0 Å². The van der Waals surface area contributed by atoms with Crippen molar-refractivity contribution in [3.05, 3.63) is 76.9 Å². The zero-order valence-electron chi connectivity index (χ0n) is 15.4. The molecule has 0 aliphatic rings. The lowest BCUT2D eigenvalue weighted by atomic mass is 9.90. The molecule has 3 rings (SSSR count). The smallest absolute Gasteiger partial charge is 0.416 e. The number of benzene rings is 3. The van der Waals surface area contributed by atoms with Crippen LogP contribution in [0, 0.1) is 0 Å². The Hall–Kier alpha value is -3.23. The Bertz CT molecular complexity index is 1070. The summed E-state index contributed by atoms with van der Waals surface area (Å²) in [5.41, 5.74) is -3.49. The van der Waals surface area contributed by atoms with Crippen molar-refractivity contribution < 1.29 is 36.2 Å². The minimum atomic E-state index is -5.04. The molecule has 1 amide bonds. The van der Waals surface area contributed by atoms with Gasteiger partial charge in [-0.1, -0.05) is 30.3 Å². The maximum absolute atomic E-state index is 13.3. The molecule has 0 aromatic heterocycles. The Kier molecular flexibility index (Phi) is 5.40. The highest BCUT2D eigenvalue weighted by molar-refractivity contribution is 5.89. The van der Waals surface area contributed by atoms with E-state index in [2.05, 4.69) is 5.32 Å². The number of alkyl halides is 6. The number of hydrogen-bond acceptors (Lipinski definition) is 2. The third kappa shape index (κ3) is 4.34. The van der Waals surface area contributed by atoms with E-state index in [-0.39, 0.29) is 17.4 Å². The molecule has 0 fully saturated rings. The number of amides is 1. The van der Waals surface area contributed by atoms with Gasteiger partial charge in [0.25, 0.3) is 0 Å². The van der Waals surface area contributed by atoms with E-state index in [9.17, 15) is 36.2 Å². The molecule has 1 atom stereocenters. The van der Waals surface area contributed by atoms with Crippen LogP contribution in [0.1, 0.15) is 35.2 Å². The first kappa shape index (κ1) is 21.5. The van der Waals surface area contributed by atoms with Crippen LogP contribution in [0.5, 0.6) is 5.75 Å². The van der Waals surface area contributed by atoms with Crippen LogP contribution in [0.15, 0.2) is 54.6 Å². The molecule has 0 aliphatic heterocycles. The van der Waals surface area contributed by atoms with Crippen molar-refractivity contribution >= 4 is 16.7 Å². The van der Waals surface area contributed by atoms with Crippen LogP contribution < -0.4 is 5.32 Å². The SMILES string of the molecule is CC(=O)NC(c1cc(C(F)(F)F)cc(C(F)(F)F)c1)c1c(O)ccc2ccccc12. The maximum atomic E-state index is 13.3. The Morgan fingerprint density at radius 3 is 2.00 bits per heavy atom. The van der Waals surface area contributed by atoms with Crippen molar-refractivity contribution in [1.29, 1.82) is 0 Å². The monoisotopic (exact) mass is 427 g/mol. The number of carbonyl (C=O) groups is 1. The molecule has 3 aromatic rings. The third-order valence-corrected chi connectivity index (χ3v) is 4.53. The minimum absolute atomic E-state index is 0.00394. The third-order valence-electron chi connectivity index (χ3n) is 4.53. The van der Waals surface area contributed by atoms with E-state index in [1.54, 1.807) is 30.3 Å². The van der Waals surface area contributed by atoms with Gasteiger partial charge in [0.2, 0.25) is 5.91 Å². The van der Waals surface area contributed by atoms with Crippen LogP contribution in [0.4, 0.5) is 26.3 Å². The van der Waals surface area contributed by atoms with Gasteiger partial charge in [0.15, 0.2) is 0 Å². The lowest BCUT2D eigenvalue weighted by molar-refractivity contribution is -0.143. The van der Waals surface area contributed by atoms with Crippen LogP contribution in [-0.4, -0.2) is 11.0 Å². The number of aromatic hydroxyl groups is 1. The highest BCUT2D eigenvalue weighted by Gasteiger charge is 2.38. The number of fused-ring (bicyclic) bond motifs is 1. The summed E-state index contributed by atoms with van der Waals surface area (Å²) in [5.74, 6) is -1.07. The predicted octanol–water partition coefficient (Wildman–Crippen LogP) is 5.81. The number of carbonyl (C=O) groups excluding carboxylic acids is 1. The van der Waals surface area contributed by atoms with Gasteiger partial charge in [0, 0.05) is 12.5 Å². The van der Waals surface area contributed by atoms with Gasteiger partial charge in [-0.15, -0.1) is 0 Å². The van der Waals surface area contributed by atoms with Gasteiger partial charge in [-0.05, 0) is 40.6 Å². The van der Waals surface area contributed by atoms with E-state index < -0.39 is 41.0 Å². The molecule has 3 aromatic carbocycles. The fourth-order valence-electron chi connectivity index (χ4n) is 3.26. The lowest BCUT2D eigenvalue weighted by Gasteiger charge is -2.24. The summed E-state index contributed by atoms with van der Waals surface area (Å²) < 4.78 is 79.8. The van der Waals surface area contributed by atoms with Crippen LogP contribution in [0.2, 0.25) is 0 Å². The average molecular weight is 427 g/mol. The Morgan fingerprint density at radius 2 is 1.47 bits per heavy atom. The summed E-state index contributed by atoms with van der Waals surface area (Å²) >= 11 is 0. The second-order valence-electron chi connectivity index (χ2n) is 6.69. The molecule has 1 unspecified atom stereocenters. The fraction of sp³-hybridized carbons (Fsp3) is 0.190. The van der Waals surface area contributed by atoms with Gasteiger partial charge in [-0.3, -0.25) is 4.79 Å². The molecule has 0 bridgehead atoms. The summed E-state index contributed by atoms with van der Waals surface area (Å²) in [5, 5.41) is 13.7. The molecule has 0 aliphatic carbocycles. The first-order chi connectivity index (χ1) is 13.9. The average Bonchev–Trinajstić information content (AvgIpc) is 2.64. The van der Waals surface area contributed by atoms with E-state index >= 15 is 0 Å². The molecule has 3 nitrogen and oxygen atoms in total. The number of hydrogen-bond donors (Lipinski definition) is 2. The number of phenolic OH excluding ortho intramolecular Hbond substituents is 1. The summed E-state index contributed by atoms with van der Waals surface area (Å²) in [6.45, 7) is 1.08. The maximum Gasteiger partial charge on any atom is 0.416 e. The highest BCUT2D eigenvalue weighted by atomic mass is 19.4. The van der Waals surface area contributed by atoms with Gasteiger partial charge in [0.1, 0.15) is 5.75 Å². The van der Waals surface area contributed by atoms with E-state index in [0.29, 0.717) is 22.9 Å². The Morgan fingerprint density at radius 1 is 0.900 bits per heavy atom. The number of nitrogens with one attached hydrogen (secondary N) is 1. The van der Waals surface area contributed by atoms with Gasteiger partial charge in [0.05, 0.1) is 17.2 Å². The van der Waals surface area contributed by atoms with Crippen molar-refractivity contribution in [3.8, 4) is 5.75 Å². The van der Waals surface area contributed by atoms with Crippen LogP contribution >= 0.6 is 0 Å². The quantitative estimate of drug-likeness (QED) is 0.519. The molecule has 0 spiro atoms. The molecule has 158 valence electrons. The van der Waals surface area contributed by atoms with Gasteiger partial charge in [-0.2, -0.15) is 26.3 Å². The predicted molar refractivity (Wildman–Crippen MR) is 97.7 cm³/mol. The van der Waals surface area contributed by atoms with Crippen molar-refractivity contribution in [2.75, 3.05) is 0 Å². The summed E-state index contributed by atoms with van der Waals surface area (Å²) in [7, 11) is 0. The topological polar surface area (TPSA) is 49.3 Å². The molecule has 0 saturated carbocycles. The lowest BCUT2D eigenvalue weighted by Crippen LogP contribution is -2.28. The van der Waals surface area contributed by atoms with E-state index in [4.69, 9.17) is 0 Å². The number of rotatable bonds is 3.